The summed E-state index contributed by atoms with van der Waals surface area (Å²) in [5, 5.41) is 1.42. The summed E-state index contributed by atoms with van der Waals surface area (Å²) in [6.07, 6.45) is 23.2. The molecule has 0 N–H and O–H groups in total. The summed E-state index contributed by atoms with van der Waals surface area (Å²) < 4.78 is 2.77. The van der Waals surface area contributed by atoms with E-state index in [0.29, 0.717) is 17.9 Å². The van der Waals surface area contributed by atoms with Gasteiger partial charge in [0.25, 0.3) is 0 Å². The summed E-state index contributed by atoms with van der Waals surface area (Å²) in [7, 11) is 0. The molecule has 2 nitrogen and oxygen atoms in total. The van der Waals surface area contributed by atoms with Crippen molar-refractivity contribution in [3.8, 4) is 11.1 Å². The number of hydrogen-bond acceptors (Lipinski definition) is 1. The predicted octanol–water partition coefficient (Wildman–Crippen LogP) is 13.7. The molecule has 0 saturated carbocycles. The van der Waals surface area contributed by atoms with Crippen LogP contribution < -0.4 is 4.90 Å². The number of aromatic nitrogens is 1. The Labute approximate surface area is 337 Å². The normalized spacial score (nSPS) is 23.8. The van der Waals surface area contributed by atoms with E-state index in [1.807, 2.05) is 0 Å². The third-order valence-electron chi connectivity index (χ3n) is 13.5. The molecular weight excluding hydrogens is 689 g/mol. The van der Waals surface area contributed by atoms with Gasteiger partial charge in [-0.05, 0) is 106 Å². The molecule has 2 heterocycles. The van der Waals surface area contributed by atoms with E-state index in [-0.39, 0.29) is 12.0 Å². The molecular formula is C55H48N2. The van der Waals surface area contributed by atoms with Crippen LogP contribution in [0.2, 0.25) is 0 Å². The van der Waals surface area contributed by atoms with Crippen molar-refractivity contribution in [2.45, 2.75) is 51.1 Å². The molecule has 0 saturated heterocycles. The van der Waals surface area contributed by atoms with Crippen LogP contribution in [-0.2, 0) is 6.42 Å². The molecule has 5 atom stereocenters. The van der Waals surface area contributed by atoms with Crippen LogP contribution in [0.1, 0.15) is 61.0 Å². The average Bonchev–Trinajstić information content (AvgIpc) is 3.80. The van der Waals surface area contributed by atoms with Gasteiger partial charge < -0.3 is 9.47 Å². The first-order valence-corrected chi connectivity index (χ1v) is 21.1. The lowest BCUT2D eigenvalue weighted by atomic mass is 9.74. The highest BCUT2D eigenvalue weighted by Crippen LogP contribution is 2.52. The number of hydrogen-bond donors (Lipinski definition) is 0. The predicted molar refractivity (Wildman–Crippen MR) is 240 cm³/mol. The van der Waals surface area contributed by atoms with Crippen LogP contribution in [0.15, 0.2) is 193 Å². The number of benzene rings is 5. The molecule has 11 rings (SSSR count). The standard InChI is InChI=1S/C55H48N2/c1-37-49(40-21-9-4-10-22-40)35-43(39-19-7-3-8-20-39)36-54(37)57-52-30-14-11-25-46(52)48-28-16-27-45(55(48)57)42-31-32-53-50(34-42)47-26-12-13-29-51(47)56(53)44-24-15-23-41(33-44)38-17-5-2-6-18-38/h2-11,13-15,17-25,27,29-33,35-37,42,50,53-54H,12,16,26,28,34H2,1H3. The smallest absolute Gasteiger partial charge is 0.0597 e. The molecule has 4 aliphatic carbocycles. The Hall–Kier alpha value is -6.12. The van der Waals surface area contributed by atoms with Crippen molar-refractivity contribution < 1.29 is 0 Å². The van der Waals surface area contributed by atoms with Crippen molar-refractivity contribution in [1.29, 1.82) is 0 Å². The number of rotatable bonds is 6. The molecule has 0 amide bonds. The zero-order chi connectivity index (χ0) is 37.9. The summed E-state index contributed by atoms with van der Waals surface area (Å²) in [6, 6.07) is 51.8. The van der Waals surface area contributed by atoms with E-state index in [9.17, 15) is 0 Å². The fourth-order valence-electron chi connectivity index (χ4n) is 10.9. The first kappa shape index (κ1) is 34.2. The quantitative estimate of drug-likeness (QED) is 0.155. The van der Waals surface area contributed by atoms with Gasteiger partial charge in [0.1, 0.15) is 0 Å². The van der Waals surface area contributed by atoms with Crippen molar-refractivity contribution in [2.75, 3.05) is 4.90 Å². The summed E-state index contributed by atoms with van der Waals surface area (Å²) in [5.74, 6) is 1.12. The van der Waals surface area contributed by atoms with Crippen molar-refractivity contribution >= 4 is 33.3 Å². The maximum atomic E-state index is 2.77. The minimum absolute atomic E-state index is 0.160. The second-order valence-corrected chi connectivity index (χ2v) is 16.6. The highest BCUT2D eigenvalue weighted by atomic mass is 15.2. The molecule has 6 aromatic rings. The monoisotopic (exact) mass is 736 g/mol. The lowest BCUT2D eigenvalue weighted by Crippen LogP contribution is -2.35. The van der Waals surface area contributed by atoms with Crippen LogP contribution in [0.5, 0.6) is 0 Å². The molecule has 5 aromatic carbocycles. The number of aryl methyl sites for hydroxylation is 1. The molecule has 0 spiro atoms. The molecule has 0 bridgehead atoms. The van der Waals surface area contributed by atoms with Gasteiger partial charge in [-0.15, -0.1) is 0 Å². The zero-order valence-electron chi connectivity index (χ0n) is 32.6. The fourth-order valence-corrected chi connectivity index (χ4v) is 10.9. The second-order valence-electron chi connectivity index (χ2n) is 16.6. The fraction of sp³-hybridized carbons (Fsp3) is 0.200. The molecule has 57 heavy (non-hydrogen) atoms. The van der Waals surface area contributed by atoms with Crippen LogP contribution in [-0.4, -0.2) is 10.6 Å². The van der Waals surface area contributed by atoms with Crippen molar-refractivity contribution in [3.05, 3.63) is 216 Å². The SMILES string of the molecule is CC1C(c2ccccc2)=CC(c2ccccc2)=CC1n1c2c(c3ccccc31)CCC=C2C1C=CC2C(C1)C1=C(C=CCC1)N2c1cccc(-c2ccccc2)c1. The van der Waals surface area contributed by atoms with E-state index < -0.39 is 0 Å². The molecule has 278 valence electrons. The molecule has 0 radical (unpaired) electrons. The van der Waals surface area contributed by atoms with Crippen LogP contribution in [0.25, 0.3) is 38.7 Å². The first-order valence-electron chi connectivity index (χ1n) is 21.1. The number of anilines is 1. The van der Waals surface area contributed by atoms with Gasteiger partial charge in [0, 0.05) is 45.7 Å². The van der Waals surface area contributed by atoms with E-state index in [1.54, 1.807) is 5.57 Å². The molecule has 0 fully saturated rings. The zero-order valence-corrected chi connectivity index (χ0v) is 32.6. The van der Waals surface area contributed by atoms with Gasteiger partial charge in [-0.3, -0.25) is 0 Å². The molecule has 5 unspecified atom stereocenters. The topological polar surface area (TPSA) is 8.17 Å². The Bertz CT molecular complexity index is 2680. The number of para-hydroxylation sites is 1. The summed E-state index contributed by atoms with van der Waals surface area (Å²) in [6.45, 7) is 2.45. The Morgan fingerprint density at radius 2 is 1.33 bits per heavy atom. The second kappa shape index (κ2) is 14.1. The average molecular weight is 737 g/mol. The van der Waals surface area contributed by atoms with Crippen molar-refractivity contribution in [3.63, 3.8) is 0 Å². The van der Waals surface area contributed by atoms with Crippen LogP contribution in [0.3, 0.4) is 0 Å². The number of nitrogens with zero attached hydrogens (tertiary/aromatic N) is 2. The highest BCUT2D eigenvalue weighted by Gasteiger charge is 2.44. The van der Waals surface area contributed by atoms with Crippen LogP contribution >= 0.6 is 0 Å². The Morgan fingerprint density at radius 1 is 0.614 bits per heavy atom. The van der Waals surface area contributed by atoms with E-state index in [4.69, 9.17) is 0 Å². The van der Waals surface area contributed by atoms with Gasteiger partial charge in [-0.2, -0.15) is 0 Å². The van der Waals surface area contributed by atoms with Gasteiger partial charge in [0.2, 0.25) is 0 Å². The van der Waals surface area contributed by atoms with E-state index >= 15 is 0 Å². The highest BCUT2D eigenvalue weighted by molar-refractivity contribution is 5.94. The maximum Gasteiger partial charge on any atom is 0.0597 e. The van der Waals surface area contributed by atoms with E-state index in [1.165, 1.54) is 72.5 Å². The number of allylic oxidation sites excluding steroid dienone is 9. The van der Waals surface area contributed by atoms with Crippen LogP contribution in [0, 0.1) is 17.8 Å². The minimum atomic E-state index is 0.160. The van der Waals surface area contributed by atoms with Crippen molar-refractivity contribution in [2.24, 2.45) is 17.8 Å². The Morgan fingerprint density at radius 3 is 2.14 bits per heavy atom. The number of fused-ring (bicyclic) bond motifs is 5. The first-order chi connectivity index (χ1) is 28.2. The maximum absolute atomic E-state index is 2.77. The Balaban J connectivity index is 1.02. The van der Waals surface area contributed by atoms with E-state index in [0.717, 1.165) is 32.1 Å². The molecule has 5 aliphatic rings. The van der Waals surface area contributed by atoms with Gasteiger partial charge in [0.15, 0.2) is 0 Å². The molecule has 1 aliphatic heterocycles. The largest absolute Gasteiger partial charge is 0.334 e. The summed E-state index contributed by atoms with van der Waals surface area (Å²) >= 11 is 0. The molecule has 2 heteroatoms. The third-order valence-corrected chi connectivity index (χ3v) is 13.5. The third kappa shape index (κ3) is 5.76. The van der Waals surface area contributed by atoms with E-state index in [2.05, 4.69) is 198 Å². The van der Waals surface area contributed by atoms with Gasteiger partial charge in [0.05, 0.1) is 12.1 Å². The summed E-state index contributed by atoms with van der Waals surface area (Å²) in [4.78, 5) is 2.66. The van der Waals surface area contributed by atoms with Gasteiger partial charge in [-0.25, -0.2) is 0 Å². The Kier molecular flexibility index (Phi) is 8.46. The minimum Gasteiger partial charge on any atom is -0.334 e. The lowest BCUT2D eigenvalue weighted by Gasteiger charge is -2.37. The molecule has 1 aromatic heterocycles. The lowest BCUT2D eigenvalue weighted by molar-refractivity contribution is 0.456. The summed E-state index contributed by atoms with van der Waals surface area (Å²) in [5.41, 5.74) is 18.1. The van der Waals surface area contributed by atoms with Crippen molar-refractivity contribution in [1.82, 2.24) is 4.57 Å². The van der Waals surface area contributed by atoms with Gasteiger partial charge >= 0.3 is 0 Å². The van der Waals surface area contributed by atoms with Crippen LogP contribution in [0.4, 0.5) is 5.69 Å². The van der Waals surface area contributed by atoms with Gasteiger partial charge in [-0.1, -0.05) is 165 Å².